The van der Waals surface area contributed by atoms with Gasteiger partial charge in [0.25, 0.3) is 0 Å². The highest BCUT2D eigenvalue weighted by Crippen LogP contribution is 2.43. The molecule has 1 aromatic heterocycles. The number of rotatable bonds is 3. The maximum atomic E-state index is 12.8. The number of halogens is 3. The molecule has 3 heterocycles. The molecule has 2 saturated heterocycles. The van der Waals surface area contributed by atoms with Gasteiger partial charge >= 0.3 is 0 Å². The predicted octanol–water partition coefficient (Wildman–Crippen LogP) is 4.98. The minimum Gasteiger partial charge on any atom is -0.340 e. The van der Waals surface area contributed by atoms with Gasteiger partial charge in [-0.25, -0.2) is 0 Å². The third-order valence-electron chi connectivity index (χ3n) is 7.29. The topological polar surface area (TPSA) is 48.5 Å². The fraction of sp³-hybridized carbons (Fsp3) is 0.520. The predicted molar refractivity (Wildman–Crippen MR) is 139 cm³/mol. The molecule has 0 spiro atoms. The van der Waals surface area contributed by atoms with E-state index in [2.05, 4.69) is 54.2 Å². The zero-order valence-electron chi connectivity index (χ0n) is 18.6. The van der Waals surface area contributed by atoms with E-state index in [0.717, 1.165) is 84.6 Å². The van der Waals surface area contributed by atoms with Crippen LogP contribution in [0.2, 0.25) is 5.02 Å². The molecule has 1 N–H and O–H groups in total. The number of nitrogens with zero attached hydrogens (tertiary/aromatic N) is 3. The molecule has 0 saturated carbocycles. The van der Waals surface area contributed by atoms with Crippen molar-refractivity contribution in [2.45, 2.75) is 38.1 Å². The minimum atomic E-state index is 0.0991. The third kappa shape index (κ3) is 5.18. The standard InChI is InChI=1S/C25H29Br2ClN4O/c26-19-12-18-2-1-17-13-20(28)14-21(27)23(17)25(24(18)30-15-19)32-7-3-16(4-8-32)11-22(33)31-9-5-29-6-10-31/h12-16,25,29H,1-11H2. The number of piperidine rings is 1. The van der Waals surface area contributed by atoms with Crippen molar-refractivity contribution in [3.05, 3.63) is 60.7 Å². The molecule has 8 heteroatoms. The summed E-state index contributed by atoms with van der Waals surface area (Å²) in [5.41, 5.74) is 5.03. The van der Waals surface area contributed by atoms with Crippen LogP contribution in [0.25, 0.3) is 0 Å². The molecule has 1 aromatic carbocycles. The average Bonchev–Trinajstić information content (AvgIpc) is 2.97. The zero-order chi connectivity index (χ0) is 22.9. The second kappa shape index (κ2) is 10.3. The molecule has 2 aliphatic heterocycles. The molecule has 33 heavy (non-hydrogen) atoms. The van der Waals surface area contributed by atoms with E-state index in [1.807, 2.05) is 17.2 Å². The lowest BCUT2D eigenvalue weighted by Gasteiger charge is -2.39. The lowest BCUT2D eigenvalue weighted by molar-refractivity contribution is -0.133. The molecule has 2 aromatic rings. The van der Waals surface area contributed by atoms with Gasteiger partial charge in [0.2, 0.25) is 5.91 Å². The van der Waals surface area contributed by atoms with Crippen molar-refractivity contribution in [2.24, 2.45) is 5.92 Å². The Kier molecular flexibility index (Phi) is 7.43. The Bertz CT molecular complexity index is 1040. The molecule has 5 rings (SSSR count). The molecule has 1 aliphatic carbocycles. The van der Waals surface area contributed by atoms with E-state index in [4.69, 9.17) is 16.6 Å². The van der Waals surface area contributed by atoms with Gasteiger partial charge in [0.15, 0.2) is 0 Å². The van der Waals surface area contributed by atoms with Crippen molar-refractivity contribution >= 4 is 49.4 Å². The van der Waals surface area contributed by atoms with Crippen LogP contribution in [-0.4, -0.2) is 60.0 Å². The molecule has 3 aliphatic rings. The van der Waals surface area contributed by atoms with Gasteiger partial charge in [-0.15, -0.1) is 0 Å². The van der Waals surface area contributed by atoms with E-state index < -0.39 is 0 Å². The van der Waals surface area contributed by atoms with Crippen LogP contribution in [0.4, 0.5) is 0 Å². The van der Waals surface area contributed by atoms with Crippen molar-refractivity contribution in [1.82, 2.24) is 20.1 Å². The Labute approximate surface area is 217 Å². The average molecular weight is 597 g/mol. The van der Waals surface area contributed by atoms with E-state index in [0.29, 0.717) is 18.2 Å². The van der Waals surface area contributed by atoms with E-state index in [1.165, 1.54) is 16.7 Å². The number of aromatic nitrogens is 1. The fourth-order valence-electron chi connectivity index (χ4n) is 5.56. The second-order valence-electron chi connectivity index (χ2n) is 9.38. The van der Waals surface area contributed by atoms with Crippen LogP contribution in [0.1, 0.15) is 47.7 Å². The van der Waals surface area contributed by atoms with Gasteiger partial charge in [0, 0.05) is 52.8 Å². The van der Waals surface area contributed by atoms with Gasteiger partial charge in [0.05, 0.1) is 11.7 Å². The highest BCUT2D eigenvalue weighted by atomic mass is 79.9. The smallest absolute Gasteiger partial charge is 0.222 e. The van der Waals surface area contributed by atoms with Gasteiger partial charge < -0.3 is 10.2 Å². The maximum absolute atomic E-state index is 12.8. The number of amides is 1. The third-order valence-corrected chi connectivity index (χ3v) is 8.60. The van der Waals surface area contributed by atoms with Gasteiger partial charge in [-0.05, 0) is 95.5 Å². The first kappa shape index (κ1) is 23.7. The number of carbonyl (C=O) groups excluding carboxylic acids is 1. The van der Waals surface area contributed by atoms with E-state index in [1.54, 1.807) is 0 Å². The summed E-state index contributed by atoms with van der Waals surface area (Å²) in [6, 6.07) is 6.45. The first-order valence-electron chi connectivity index (χ1n) is 11.8. The number of likely N-dealkylation sites (tertiary alicyclic amines) is 1. The van der Waals surface area contributed by atoms with E-state index in [9.17, 15) is 4.79 Å². The lowest BCUT2D eigenvalue weighted by atomic mass is 9.89. The Morgan fingerprint density at radius 2 is 1.79 bits per heavy atom. The quantitative estimate of drug-likeness (QED) is 0.543. The number of piperazine rings is 1. The summed E-state index contributed by atoms with van der Waals surface area (Å²) < 4.78 is 2.08. The first-order chi connectivity index (χ1) is 16.0. The van der Waals surface area contributed by atoms with Crippen molar-refractivity contribution < 1.29 is 4.79 Å². The number of carbonyl (C=O) groups is 1. The van der Waals surface area contributed by atoms with Crippen LogP contribution in [0, 0.1) is 5.92 Å². The van der Waals surface area contributed by atoms with Gasteiger partial charge in [-0.2, -0.15) is 0 Å². The summed E-state index contributed by atoms with van der Waals surface area (Å²) in [7, 11) is 0. The van der Waals surface area contributed by atoms with Crippen molar-refractivity contribution in [3.63, 3.8) is 0 Å². The lowest BCUT2D eigenvalue weighted by Crippen LogP contribution is -2.47. The number of nitrogens with one attached hydrogen (secondary N) is 1. The maximum Gasteiger partial charge on any atom is 0.222 e. The monoisotopic (exact) mass is 594 g/mol. The molecule has 5 nitrogen and oxygen atoms in total. The number of benzene rings is 1. The number of hydrogen-bond acceptors (Lipinski definition) is 4. The van der Waals surface area contributed by atoms with Gasteiger partial charge in [0.1, 0.15) is 0 Å². The first-order valence-corrected chi connectivity index (χ1v) is 13.8. The van der Waals surface area contributed by atoms with Crippen LogP contribution < -0.4 is 5.32 Å². The normalized spacial score (nSPS) is 21.9. The molecule has 1 unspecified atom stereocenters. The van der Waals surface area contributed by atoms with Crippen molar-refractivity contribution in [3.8, 4) is 0 Å². The number of fused-ring (bicyclic) bond motifs is 2. The Morgan fingerprint density at radius 1 is 1.06 bits per heavy atom. The molecule has 1 amide bonds. The Hall–Kier alpha value is -0.990. The van der Waals surface area contributed by atoms with Crippen LogP contribution in [-0.2, 0) is 17.6 Å². The number of aryl methyl sites for hydroxylation is 2. The summed E-state index contributed by atoms with van der Waals surface area (Å²) in [5, 5.41) is 4.09. The molecule has 0 bridgehead atoms. The molecule has 0 radical (unpaired) electrons. The van der Waals surface area contributed by atoms with Gasteiger partial charge in [-0.3, -0.25) is 14.7 Å². The van der Waals surface area contributed by atoms with Crippen LogP contribution in [0.3, 0.4) is 0 Å². The van der Waals surface area contributed by atoms with E-state index >= 15 is 0 Å². The van der Waals surface area contributed by atoms with Crippen LogP contribution in [0.15, 0.2) is 33.3 Å². The van der Waals surface area contributed by atoms with Crippen molar-refractivity contribution in [1.29, 1.82) is 0 Å². The molecule has 2 fully saturated rings. The highest BCUT2D eigenvalue weighted by Gasteiger charge is 2.35. The SMILES string of the molecule is O=C(CC1CCN(C2c3ncc(Br)cc3CCc3cc(Cl)cc(Br)c32)CC1)N1CCNCC1. The fourth-order valence-corrected chi connectivity index (χ4v) is 7.03. The summed E-state index contributed by atoms with van der Waals surface area (Å²) in [6.45, 7) is 5.43. The number of hydrogen-bond donors (Lipinski definition) is 1. The van der Waals surface area contributed by atoms with Gasteiger partial charge in [-0.1, -0.05) is 27.5 Å². The molecular weight excluding hydrogens is 568 g/mol. The zero-order valence-corrected chi connectivity index (χ0v) is 22.6. The van der Waals surface area contributed by atoms with Crippen LogP contribution >= 0.6 is 43.5 Å². The number of pyridine rings is 1. The minimum absolute atomic E-state index is 0.0991. The molecule has 176 valence electrons. The second-order valence-corrected chi connectivity index (χ2v) is 11.6. The highest BCUT2D eigenvalue weighted by molar-refractivity contribution is 9.10. The summed E-state index contributed by atoms with van der Waals surface area (Å²) in [6.07, 6.45) is 6.58. The molecule has 1 atom stereocenters. The van der Waals surface area contributed by atoms with Crippen molar-refractivity contribution in [2.75, 3.05) is 39.3 Å². The van der Waals surface area contributed by atoms with Crippen LogP contribution in [0.5, 0.6) is 0 Å². The summed E-state index contributed by atoms with van der Waals surface area (Å²) >= 11 is 13.9. The molecular formula is C25H29Br2ClN4O. The summed E-state index contributed by atoms with van der Waals surface area (Å²) in [5.74, 6) is 0.781. The Balaban J connectivity index is 1.37. The largest absolute Gasteiger partial charge is 0.340 e. The van der Waals surface area contributed by atoms with E-state index in [-0.39, 0.29) is 6.04 Å². The summed E-state index contributed by atoms with van der Waals surface area (Å²) in [4.78, 5) is 22.3. The Morgan fingerprint density at radius 3 is 2.55 bits per heavy atom.